The van der Waals surface area contributed by atoms with Gasteiger partial charge in [-0.05, 0) is 27.7 Å². The maximum atomic E-state index is 12.7. The highest BCUT2D eigenvalue weighted by atomic mass is 31.2. The molecule has 0 aliphatic carbocycles. The van der Waals surface area contributed by atoms with Gasteiger partial charge in [0.2, 0.25) is 0 Å². The second kappa shape index (κ2) is 6.57. The highest BCUT2D eigenvalue weighted by molar-refractivity contribution is 7.54. The number of hydrogen-bond donors (Lipinski definition) is 0. The number of rotatable bonds is 6. The average molecular weight is 274 g/mol. The van der Waals surface area contributed by atoms with Crippen molar-refractivity contribution in [3.63, 3.8) is 0 Å². The molecule has 0 aromatic rings. The molecule has 0 saturated carbocycles. The van der Waals surface area contributed by atoms with E-state index in [0.29, 0.717) is 0 Å². The van der Waals surface area contributed by atoms with Gasteiger partial charge >= 0.3 is 13.8 Å². The van der Waals surface area contributed by atoms with Crippen LogP contribution >= 0.6 is 7.60 Å². The molecule has 0 saturated heterocycles. The summed E-state index contributed by atoms with van der Waals surface area (Å²) in [6.07, 6.45) is -5.25. The van der Waals surface area contributed by atoms with E-state index in [1.165, 1.54) is 13.8 Å². The third kappa shape index (κ3) is 5.70. The Morgan fingerprint density at radius 3 is 1.76 bits per heavy atom. The lowest BCUT2D eigenvalue weighted by atomic mass is 10.2. The van der Waals surface area contributed by atoms with Gasteiger partial charge in [0.1, 0.15) is 0 Å². The molecular formula is C10H18F3O3P. The Balaban J connectivity index is 5.10. The highest BCUT2D eigenvalue weighted by Crippen LogP contribution is 2.52. The lowest BCUT2D eigenvalue weighted by molar-refractivity contribution is -0.0922. The molecule has 0 aromatic carbocycles. The summed E-state index contributed by atoms with van der Waals surface area (Å²) in [4.78, 5) is 0. The zero-order valence-electron chi connectivity index (χ0n) is 10.4. The molecule has 17 heavy (non-hydrogen) atoms. The van der Waals surface area contributed by atoms with Crippen LogP contribution in [0, 0.1) is 0 Å². The largest absolute Gasteiger partial charge is 0.413 e. The predicted molar refractivity (Wildman–Crippen MR) is 60.2 cm³/mol. The number of halogens is 3. The van der Waals surface area contributed by atoms with Crippen molar-refractivity contribution < 1.29 is 26.8 Å². The molecule has 0 rings (SSSR count). The fourth-order valence-corrected chi connectivity index (χ4v) is 3.17. The van der Waals surface area contributed by atoms with Crippen LogP contribution in [-0.2, 0) is 13.6 Å². The van der Waals surface area contributed by atoms with Gasteiger partial charge < -0.3 is 9.05 Å². The molecule has 0 aliphatic heterocycles. The Bertz CT molecular complexity index is 309. The molecule has 0 heterocycles. The lowest BCUT2D eigenvalue weighted by Crippen LogP contribution is -2.18. The van der Waals surface area contributed by atoms with Crippen LogP contribution in [0.3, 0.4) is 0 Å². The fraction of sp³-hybridized carbons (Fsp3) is 0.800. The molecule has 0 unspecified atom stereocenters. The summed E-state index contributed by atoms with van der Waals surface area (Å²) < 4.78 is 59.8. The Labute approximate surface area is 99.5 Å². The molecule has 0 N–H and O–H groups in total. The zero-order valence-corrected chi connectivity index (χ0v) is 11.3. The molecule has 7 heteroatoms. The predicted octanol–water partition coefficient (Wildman–Crippen LogP) is 4.15. The van der Waals surface area contributed by atoms with Crippen LogP contribution in [0.2, 0.25) is 0 Å². The minimum atomic E-state index is -4.51. The topological polar surface area (TPSA) is 35.5 Å². The first-order chi connectivity index (χ1) is 7.66. The van der Waals surface area contributed by atoms with E-state index in [-0.39, 0.29) is 18.8 Å². The van der Waals surface area contributed by atoms with Crippen LogP contribution in [0.1, 0.15) is 27.7 Å². The van der Waals surface area contributed by atoms with Crippen LogP contribution in [0.15, 0.2) is 11.1 Å². The van der Waals surface area contributed by atoms with E-state index in [4.69, 9.17) is 9.05 Å². The van der Waals surface area contributed by atoms with Gasteiger partial charge in [-0.2, -0.15) is 13.2 Å². The Morgan fingerprint density at radius 2 is 1.53 bits per heavy atom. The third-order valence-corrected chi connectivity index (χ3v) is 3.96. The van der Waals surface area contributed by atoms with Gasteiger partial charge in [-0.3, -0.25) is 4.57 Å². The molecule has 3 nitrogen and oxygen atoms in total. The maximum absolute atomic E-state index is 12.7. The first kappa shape index (κ1) is 16.7. The summed E-state index contributed by atoms with van der Waals surface area (Å²) in [5.74, 6) is 0. The number of hydrogen-bond acceptors (Lipinski definition) is 3. The van der Waals surface area contributed by atoms with E-state index in [9.17, 15) is 17.7 Å². The van der Waals surface area contributed by atoms with E-state index in [1.807, 2.05) is 0 Å². The van der Waals surface area contributed by atoms with Gasteiger partial charge in [0.25, 0.3) is 0 Å². The van der Waals surface area contributed by atoms with Crippen molar-refractivity contribution in [3.05, 3.63) is 11.1 Å². The Hall–Kier alpha value is -0.320. The van der Waals surface area contributed by atoms with Crippen LogP contribution in [0.5, 0.6) is 0 Å². The monoisotopic (exact) mass is 274 g/mol. The molecule has 0 amide bonds. The average Bonchev–Trinajstić information content (AvgIpc) is 2.13. The normalized spacial score (nSPS) is 12.6. The molecular weight excluding hydrogens is 256 g/mol. The van der Waals surface area contributed by atoms with Crippen LogP contribution in [-0.4, -0.2) is 25.6 Å². The SMILES string of the molecule is CCOP(=O)(CC(=C(C)C)C(F)(F)F)OCC. The van der Waals surface area contributed by atoms with E-state index in [1.54, 1.807) is 13.8 Å². The first-order valence-corrected chi connectivity index (χ1v) is 7.00. The number of allylic oxidation sites excluding steroid dienone is 2. The van der Waals surface area contributed by atoms with E-state index in [2.05, 4.69) is 0 Å². The molecule has 0 aromatic heterocycles. The van der Waals surface area contributed by atoms with Crippen LogP contribution < -0.4 is 0 Å². The van der Waals surface area contributed by atoms with Crippen molar-refractivity contribution in [1.29, 1.82) is 0 Å². The van der Waals surface area contributed by atoms with Crippen molar-refractivity contribution in [2.24, 2.45) is 0 Å². The minimum absolute atomic E-state index is 0.0468. The third-order valence-electron chi connectivity index (χ3n) is 1.95. The van der Waals surface area contributed by atoms with Crippen LogP contribution in [0.4, 0.5) is 13.2 Å². The molecule has 102 valence electrons. The summed E-state index contributed by atoms with van der Waals surface area (Å²) in [7, 11) is -3.70. The van der Waals surface area contributed by atoms with Crippen molar-refractivity contribution >= 4 is 7.60 Å². The van der Waals surface area contributed by atoms with E-state index >= 15 is 0 Å². The van der Waals surface area contributed by atoms with Crippen molar-refractivity contribution in [1.82, 2.24) is 0 Å². The zero-order chi connectivity index (χ0) is 13.7. The molecule has 0 radical (unpaired) electrons. The van der Waals surface area contributed by atoms with Gasteiger partial charge in [-0.1, -0.05) is 5.57 Å². The van der Waals surface area contributed by atoms with Crippen molar-refractivity contribution in [2.75, 3.05) is 19.4 Å². The highest BCUT2D eigenvalue weighted by Gasteiger charge is 2.40. The summed E-state index contributed by atoms with van der Waals surface area (Å²) in [6, 6.07) is 0. The van der Waals surface area contributed by atoms with E-state index < -0.39 is 25.5 Å². The molecule has 0 atom stereocenters. The van der Waals surface area contributed by atoms with Gasteiger partial charge in [0, 0.05) is 5.57 Å². The van der Waals surface area contributed by atoms with Gasteiger partial charge in [-0.25, -0.2) is 0 Å². The smallest absolute Gasteiger partial charge is 0.309 e. The quantitative estimate of drug-likeness (QED) is 0.539. The summed E-state index contributed by atoms with van der Waals surface area (Å²) in [5, 5.41) is 0. The van der Waals surface area contributed by atoms with Crippen LogP contribution in [0.25, 0.3) is 0 Å². The molecule has 0 aliphatic rings. The standard InChI is InChI=1S/C10H18F3O3P/c1-5-15-17(14,16-6-2)7-9(8(3)4)10(11,12)13/h5-7H2,1-4H3. The Kier molecular flexibility index (Phi) is 6.45. The Morgan fingerprint density at radius 1 is 1.12 bits per heavy atom. The fourth-order valence-electron chi connectivity index (χ4n) is 1.25. The molecule has 0 bridgehead atoms. The summed E-state index contributed by atoms with van der Waals surface area (Å²) >= 11 is 0. The second-order valence-electron chi connectivity index (χ2n) is 3.58. The first-order valence-electron chi connectivity index (χ1n) is 5.28. The van der Waals surface area contributed by atoms with Crippen molar-refractivity contribution in [3.8, 4) is 0 Å². The molecule has 0 spiro atoms. The maximum Gasteiger partial charge on any atom is 0.413 e. The van der Waals surface area contributed by atoms with E-state index in [0.717, 1.165) is 0 Å². The lowest BCUT2D eigenvalue weighted by Gasteiger charge is -2.21. The van der Waals surface area contributed by atoms with Gasteiger partial charge in [-0.15, -0.1) is 0 Å². The summed E-state index contributed by atoms with van der Waals surface area (Å²) in [5.41, 5.74) is -0.778. The van der Waals surface area contributed by atoms with Gasteiger partial charge in [0.15, 0.2) is 0 Å². The minimum Gasteiger partial charge on any atom is -0.309 e. The van der Waals surface area contributed by atoms with Crippen molar-refractivity contribution in [2.45, 2.75) is 33.9 Å². The summed E-state index contributed by atoms with van der Waals surface area (Å²) in [6.45, 7) is 5.86. The molecule has 0 fully saturated rings. The van der Waals surface area contributed by atoms with Gasteiger partial charge in [0.05, 0.1) is 19.4 Å². The number of alkyl halides is 3. The second-order valence-corrected chi connectivity index (χ2v) is 5.64.